The second-order valence-corrected chi connectivity index (χ2v) is 6.26. The largest absolute Gasteiger partial charge is 0.342 e. The lowest BCUT2D eigenvalue weighted by Gasteiger charge is -2.40. The average Bonchev–Trinajstić information content (AvgIpc) is 3.05. The van der Waals surface area contributed by atoms with Gasteiger partial charge in [-0.15, -0.1) is 5.10 Å². The molecule has 1 atom stereocenters. The van der Waals surface area contributed by atoms with Crippen molar-refractivity contribution in [3.05, 3.63) is 48.3 Å². The van der Waals surface area contributed by atoms with Crippen LogP contribution in [-0.2, 0) is 16.8 Å². The van der Waals surface area contributed by atoms with Crippen LogP contribution >= 0.6 is 0 Å². The van der Waals surface area contributed by atoms with Gasteiger partial charge in [0.2, 0.25) is 5.91 Å². The molecule has 0 saturated carbocycles. The molecule has 116 valence electrons. The van der Waals surface area contributed by atoms with E-state index in [1.54, 1.807) is 6.20 Å². The van der Waals surface area contributed by atoms with Crippen LogP contribution in [-0.4, -0.2) is 38.9 Å². The lowest BCUT2D eigenvalue weighted by molar-refractivity contribution is -0.135. The fourth-order valence-corrected chi connectivity index (χ4v) is 3.18. The Hall–Kier alpha value is -2.17. The smallest absolute Gasteiger partial charge is 0.222 e. The Morgan fingerprint density at radius 1 is 1.23 bits per heavy atom. The number of likely N-dealkylation sites (tertiary alicyclic amines) is 1. The summed E-state index contributed by atoms with van der Waals surface area (Å²) >= 11 is 0. The Morgan fingerprint density at radius 2 is 2.05 bits per heavy atom. The van der Waals surface area contributed by atoms with Crippen LogP contribution in [0.2, 0.25) is 0 Å². The quantitative estimate of drug-likeness (QED) is 0.850. The van der Waals surface area contributed by atoms with Gasteiger partial charge in [0, 0.05) is 37.7 Å². The third-order valence-electron chi connectivity index (χ3n) is 4.54. The molecule has 0 spiro atoms. The highest BCUT2D eigenvalue weighted by Crippen LogP contribution is 2.34. The molecular weight excluding hydrogens is 276 g/mol. The zero-order valence-corrected chi connectivity index (χ0v) is 13.0. The van der Waals surface area contributed by atoms with Gasteiger partial charge in [0.05, 0.1) is 6.20 Å². The SMILES string of the molecule is C[C@@]1(c2ccccc2)CCC(=O)N(CCCn2ccnn2)C1. The summed E-state index contributed by atoms with van der Waals surface area (Å²) in [5, 5.41) is 7.76. The molecule has 1 aromatic carbocycles. The van der Waals surface area contributed by atoms with Gasteiger partial charge in [-0.05, 0) is 18.4 Å². The third kappa shape index (κ3) is 3.18. The minimum Gasteiger partial charge on any atom is -0.342 e. The number of piperidine rings is 1. The molecule has 3 rings (SSSR count). The highest BCUT2D eigenvalue weighted by molar-refractivity contribution is 5.77. The minimum atomic E-state index is 0.0580. The van der Waals surface area contributed by atoms with Crippen LogP contribution in [0.25, 0.3) is 0 Å². The Balaban J connectivity index is 1.62. The fraction of sp³-hybridized carbons (Fsp3) is 0.471. The summed E-state index contributed by atoms with van der Waals surface area (Å²) in [6, 6.07) is 10.5. The van der Waals surface area contributed by atoms with Gasteiger partial charge in [-0.2, -0.15) is 0 Å². The first-order valence-electron chi connectivity index (χ1n) is 7.85. The molecular formula is C17H22N4O. The Labute approximate surface area is 130 Å². The number of aromatic nitrogens is 3. The van der Waals surface area contributed by atoms with E-state index >= 15 is 0 Å². The van der Waals surface area contributed by atoms with E-state index < -0.39 is 0 Å². The molecule has 0 unspecified atom stereocenters. The number of amides is 1. The number of hydrogen-bond donors (Lipinski definition) is 0. The Morgan fingerprint density at radius 3 is 2.77 bits per heavy atom. The summed E-state index contributed by atoms with van der Waals surface area (Å²) in [4.78, 5) is 14.2. The number of rotatable bonds is 5. The molecule has 2 heterocycles. The fourth-order valence-electron chi connectivity index (χ4n) is 3.18. The normalized spacial score (nSPS) is 22.0. The van der Waals surface area contributed by atoms with Gasteiger partial charge in [0.1, 0.15) is 0 Å². The molecule has 1 aromatic heterocycles. The lowest BCUT2D eigenvalue weighted by atomic mass is 9.75. The van der Waals surface area contributed by atoms with Gasteiger partial charge in [-0.25, -0.2) is 0 Å². The molecule has 1 amide bonds. The summed E-state index contributed by atoms with van der Waals surface area (Å²) in [6.45, 7) is 4.64. The predicted octanol–water partition coefficient (Wildman–Crippen LogP) is 2.25. The minimum absolute atomic E-state index is 0.0580. The van der Waals surface area contributed by atoms with Crippen molar-refractivity contribution in [3.8, 4) is 0 Å². The summed E-state index contributed by atoms with van der Waals surface area (Å²) < 4.78 is 1.81. The molecule has 0 N–H and O–H groups in total. The summed E-state index contributed by atoms with van der Waals surface area (Å²) in [5.41, 5.74) is 1.38. The van der Waals surface area contributed by atoms with E-state index in [4.69, 9.17) is 0 Å². The number of hydrogen-bond acceptors (Lipinski definition) is 3. The van der Waals surface area contributed by atoms with Crippen molar-refractivity contribution >= 4 is 5.91 Å². The maximum Gasteiger partial charge on any atom is 0.222 e. The van der Waals surface area contributed by atoms with E-state index in [0.29, 0.717) is 6.42 Å². The van der Waals surface area contributed by atoms with E-state index in [-0.39, 0.29) is 11.3 Å². The Kier molecular flexibility index (Phi) is 4.22. The second kappa shape index (κ2) is 6.30. The van der Waals surface area contributed by atoms with Crippen molar-refractivity contribution in [3.63, 3.8) is 0 Å². The molecule has 0 aliphatic carbocycles. The molecule has 5 nitrogen and oxygen atoms in total. The second-order valence-electron chi connectivity index (χ2n) is 6.26. The van der Waals surface area contributed by atoms with E-state index in [1.807, 2.05) is 21.8 Å². The number of benzene rings is 1. The molecule has 0 radical (unpaired) electrons. The van der Waals surface area contributed by atoms with E-state index in [0.717, 1.165) is 32.5 Å². The number of carbonyl (C=O) groups is 1. The van der Waals surface area contributed by atoms with Gasteiger partial charge >= 0.3 is 0 Å². The topological polar surface area (TPSA) is 51.0 Å². The first-order chi connectivity index (χ1) is 10.7. The van der Waals surface area contributed by atoms with E-state index in [1.165, 1.54) is 5.56 Å². The van der Waals surface area contributed by atoms with Crippen molar-refractivity contribution in [2.24, 2.45) is 0 Å². The van der Waals surface area contributed by atoms with Gasteiger partial charge in [0.15, 0.2) is 0 Å². The third-order valence-corrected chi connectivity index (χ3v) is 4.54. The van der Waals surface area contributed by atoms with Gasteiger partial charge in [0.25, 0.3) is 0 Å². The molecule has 0 bridgehead atoms. The van der Waals surface area contributed by atoms with Crippen molar-refractivity contribution < 1.29 is 4.79 Å². The van der Waals surface area contributed by atoms with E-state index in [2.05, 4.69) is 41.5 Å². The van der Waals surface area contributed by atoms with Crippen LogP contribution in [0.5, 0.6) is 0 Å². The predicted molar refractivity (Wildman–Crippen MR) is 84.2 cm³/mol. The number of aryl methyl sites for hydroxylation is 1. The van der Waals surface area contributed by atoms with Gasteiger partial charge in [-0.1, -0.05) is 42.5 Å². The standard InChI is InChI=1S/C17H22N4O/c1-17(15-6-3-2-4-7-15)9-8-16(22)20(14-17)11-5-12-21-13-10-18-19-21/h2-4,6-7,10,13H,5,8-9,11-12,14H2,1H3/t17-/m1/s1. The van der Waals surface area contributed by atoms with Crippen molar-refractivity contribution in [2.45, 2.75) is 38.1 Å². The first kappa shape index (κ1) is 14.8. The monoisotopic (exact) mass is 298 g/mol. The van der Waals surface area contributed by atoms with Crippen LogP contribution in [0, 0.1) is 0 Å². The van der Waals surface area contributed by atoms with Gasteiger partial charge in [-0.3, -0.25) is 9.48 Å². The zero-order chi connectivity index (χ0) is 15.4. The summed E-state index contributed by atoms with van der Waals surface area (Å²) in [6.07, 6.45) is 5.99. The molecule has 1 saturated heterocycles. The van der Waals surface area contributed by atoms with Crippen LogP contribution in [0.4, 0.5) is 0 Å². The van der Waals surface area contributed by atoms with Crippen LogP contribution in [0.3, 0.4) is 0 Å². The molecule has 1 aliphatic rings. The summed E-state index contributed by atoms with van der Waals surface area (Å²) in [5.74, 6) is 0.270. The molecule has 22 heavy (non-hydrogen) atoms. The van der Waals surface area contributed by atoms with E-state index in [9.17, 15) is 4.79 Å². The van der Waals surface area contributed by atoms with Crippen molar-refractivity contribution in [1.82, 2.24) is 19.9 Å². The summed E-state index contributed by atoms with van der Waals surface area (Å²) in [7, 11) is 0. The van der Waals surface area contributed by atoms with Crippen LogP contribution in [0.15, 0.2) is 42.7 Å². The number of nitrogens with zero attached hydrogens (tertiary/aromatic N) is 4. The lowest BCUT2D eigenvalue weighted by Crippen LogP contribution is -2.47. The Bertz CT molecular complexity index is 611. The van der Waals surface area contributed by atoms with Crippen molar-refractivity contribution in [1.29, 1.82) is 0 Å². The first-order valence-corrected chi connectivity index (χ1v) is 7.85. The molecule has 5 heteroatoms. The molecule has 2 aromatic rings. The molecule has 1 fully saturated rings. The van der Waals surface area contributed by atoms with Gasteiger partial charge < -0.3 is 4.90 Å². The maximum absolute atomic E-state index is 12.2. The highest BCUT2D eigenvalue weighted by Gasteiger charge is 2.35. The highest BCUT2D eigenvalue weighted by atomic mass is 16.2. The number of carbonyl (C=O) groups excluding carboxylic acids is 1. The van der Waals surface area contributed by atoms with Crippen LogP contribution in [0.1, 0.15) is 31.7 Å². The van der Waals surface area contributed by atoms with Crippen molar-refractivity contribution in [2.75, 3.05) is 13.1 Å². The molecule has 1 aliphatic heterocycles. The zero-order valence-electron chi connectivity index (χ0n) is 13.0. The average molecular weight is 298 g/mol. The maximum atomic E-state index is 12.2. The van der Waals surface area contributed by atoms with Crippen LogP contribution < -0.4 is 0 Å².